The smallest absolute Gasteiger partial charge is 0.253 e. The summed E-state index contributed by atoms with van der Waals surface area (Å²) in [5, 5.41) is 3.11. The zero-order valence-electron chi connectivity index (χ0n) is 18.9. The summed E-state index contributed by atoms with van der Waals surface area (Å²) in [6, 6.07) is 13.4. The Hall–Kier alpha value is -3.28. The number of nitrogens with zero attached hydrogens (tertiary/aromatic N) is 2. The lowest BCUT2D eigenvalue weighted by molar-refractivity contribution is 0.0939. The fourth-order valence-corrected chi connectivity index (χ4v) is 3.62. The molecule has 1 unspecified atom stereocenters. The number of benzene rings is 1. The standard InChI is InChI=1S/C25H31N3O3/c1-6-30-23-12-11-20(15-24(23)31-7-2)18(4)27-25(29)22-14-17(3)28(19(22)5)16-21-10-8-9-13-26-21/h8-15,18H,6-7,16H2,1-5H3,(H,27,29). The molecule has 164 valence electrons. The Morgan fingerprint density at radius 1 is 1.06 bits per heavy atom. The second-order valence-corrected chi connectivity index (χ2v) is 7.46. The highest BCUT2D eigenvalue weighted by molar-refractivity contribution is 5.96. The number of ether oxygens (including phenoxy) is 2. The number of aromatic nitrogens is 2. The molecule has 2 heterocycles. The summed E-state index contributed by atoms with van der Waals surface area (Å²) in [5.74, 6) is 1.31. The molecule has 2 aromatic heterocycles. The molecule has 0 radical (unpaired) electrons. The van der Waals surface area contributed by atoms with Gasteiger partial charge in [-0.3, -0.25) is 9.78 Å². The molecule has 1 amide bonds. The van der Waals surface area contributed by atoms with Crippen molar-refractivity contribution in [1.82, 2.24) is 14.9 Å². The van der Waals surface area contributed by atoms with Gasteiger partial charge in [-0.2, -0.15) is 0 Å². The summed E-state index contributed by atoms with van der Waals surface area (Å²) in [6.07, 6.45) is 1.78. The number of carbonyl (C=O) groups excluding carboxylic acids is 1. The predicted molar refractivity (Wildman–Crippen MR) is 122 cm³/mol. The van der Waals surface area contributed by atoms with E-state index in [2.05, 4.69) is 14.9 Å². The number of hydrogen-bond acceptors (Lipinski definition) is 4. The van der Waals surface area contributed by atoms with Crippen molar-refractivity contribution in [2.24, 2.45) is 0 Å². The van der Waals surface area contributed by atoms with Gasteiger partial charge in [0.15, 0.2) is 11.5 Å². The molecule has 0 spiro atoms. The van der Waals surface area contributed by atoms with Gasteiger partial charge in [0.1, 0.15) is 0 Å². The van der Waals surface area contributed by atoms with Gasteiger partial charge in [0.25, 0.3) is 5.91 Å². The Morgan fingerprint density at radius 3 is 2.48 bits per heavy atom. The Balaban J connectivity index is 1.77. The van der Waals surface area contributed by atoms with Gasteiger partial charge in [-0.1, -0.05) is 12.1 Å². The van der Waals surface area contributed by atoms with Crippen molar-refractivity contribution < 1.29 is 14.3 Å². The van der Waals surface area contributed by atoms with Crippen LogP contribution in [0.5, 0.6) is 11.5 Å². The van der Waals surface area contributed by atoms with Crippen LogP contribution in [0.3, 0.4) is 0 Å². The Morgan fingerprint density at radius 2 is 1.81 bits per heavy atom. The Bertz CT molecular complexity index is 1030. The molecule has 0 aliphatic carbocycles. The fourth-order valence-electron chi connectivity index (χ4n) is 3.62. The molecule has 1 atom stereocenters. The van der Waals surface area contributed by atoms with Gasteiger partial charge in [0, 0.05) is 17.6 Å². The molecule has 0 aliphatic heterocycles. The molecule has 31 heavy (non-hydrogen) atoms. The van der Waals surface area contributed by atoms with E-state index in [1.807, 2.05) is 77.1 Å². The lowest BCUT2D eigenvalue weighted by atomic mass is 10.1. The Labute approximate surface area is 184 Å². The third-order valence-electron chi connectivity index (χ3n) is 5.28. The largest absolute Gasteiger partial charge is 0.490 e. The van der Waals surface area contributed by atoms with Crippen molar-refractivity contribution in [2.75, 3.05) is 13.2 Å². The van der Waals surface area contributed by atoms with Gasteiger partial charge in [0.2, 0.25) is 0 Å². The quantitative estimate of drug-likeness (QED) is 0.537. The van der Waals surface area contributed by atoms with E-state index in [-0.39, 0.29) is 11.9 Å². The van der Waals surface area contributed by atoms with Crippen molar-refractivity contribution in [2.45, 2.75) is 47.2 Å². The summed E-state index contributed by atoms with van der Waals surface area (Å²) < 4.78 is 13.5. The molecule has 0 aliphatic rings. The van der Waals surface area contributed by atoms with E-state index in [9.17, 15) is 4.79 Å². The van der Waals surface area contributed by atoms with Crippen LogP contribution in [0.4, 0.5) is 0 Å². The van der Waals surface area contributed by atoms with Gasteiger partial charge in [0.05, 0.1) is 37.1 Å². The van der Waals surface area contributed by atoms with Gasteiger partial charge >= 0.3 is 0 Å². The number of aryl methyl sites for hydroxylation is 1. The van der Waals surface area contributed by atoms with Crippen LogP contribution in [-0.4, -0.2) is 28.7 Å². The van der Waals surface area contributed by atoms with E-state index in [1.54, 1.807) is 6.20 Å². The molecule has 1 N–H and O–H groups in total. The number of carbonyl (C=O) groups is 1. The minimum absolute atomic E-state index is 0.0975. The van der Waals surface area contributed by atoms with Crippen molar-refractivity contribution in [3.8, 4) is 11.5 Å². The topological polar surface area (TPSA) is 65.4 Å². The van der Waals surface area contributed by atoms with E-state index >= 15 is 0 Å². The van der Waals surface area contributed by atoms with Crippen LogP contribution in [-0.2, 0) is 6.54 Å². The summed E-state index contributed by atoms with van der Waals surface area (Å²) in [4.78, 5) is 17.4. The van der Waals surface area contributed by atoms with Crippen LogP contribution in [0.2, 0.25) is 0 Å². The molecular weight excluding hydrogens is 390 g/mol. The van der Waals surface area contributed by atoms with Gasteiger partial charge in [-0.25, -0.2) is 0 Å². The molecule has 3 aromatic rings. The number of nitrogens with one attached hydrogen (secondary N) is 1. The second kappa shape index (κ2) is 10.2. The highest BCUT2D eigenvalue weighted by atomic mass is 16.5. The number of hydrogen-bond donors (Lipinski definition) is 1. The molecule has 3 rings (SSSR count). The lowest BCUT2D eigenvalue weighted by Gasteiger charge is -2.18. The SMILES string of the molecule is CCOc1ccc(C(C)NC(=O)c2cc(C)n(Cc3ccccn3)c2C)cc1OCC. The van der Waals surface area contributed by atoms with Gasteiger partial charge in [-0.05, 0) is 70.5 Å². The van der Waals surface area contributed by atoms with E-state index in [4.69, 9.17) is 9.47 Å². The molecule has 6 nitrogen and oxygen atoms in total. The number of rotatable bonds is 9. The summed E-state index contributed by atoms with van der Waals surface area (Å²) in [7, 11) is 0. The highest BCUT2D eigenvalue weighted by Gasteiger charge is 2.19. The number of amides is 1. The molecule has 0 saturated carbocycles. The first-order chi connectivity index (χ1) is 14.9. The first-order valence-electron chi connectivity index (χ1n) is 10.7. The first-order valence-corrected chi connectivity index (χ1v) is 10.7. The maximum absolute atomic E-state index is 13.1. The molecular formula is C25H31N3O3. The van der Waals surface area contributed by atoms with Gasteiger partial charge in [-0.15, -0.1) is 0 Å². The highest BCUT2D eigenvalue weighted by Crippen LogP contribution is 2.31. The fraction of sp³-hybridized carbons (Fsp3) is 0.360. The van der Waals surface area contributed by atoms with Crippen molar-refractivity contribution >= 4 is 5.91 Å². The van der Waals surface area contributed by atoms with E-state index in [0.29, 0.717) is 36.8 Å². The Kier molecular flexibility index (Phi) is 7.34. The molecule has 1 aromatic carbocycles. The van der Waals surface area contributed by atoms with Crippen molar-refractivity contribution in [3.05, 3.63) is 76.9 Å². The monoisotopic (exact) mass is 421 g/mol. The van der Waals surface area contributed by atoms with E-state index < -0.39 is 0 Å². The molecule has 6 heteroatoms. The zero-order chi connectivity index (χ0) is 22.4. The van der Waals surface area contributed by atoms with Crippen LogP contribution in [0, 0.1) is 13.8 Å². The van der Waals surface area contributed by atoms with Gasteiger partial charge < -0.3 is 19.4 Å². The first kappa shape index (κ1) is 22.4. The molecule has 0 fully saturated rings. The molecule has 0 bridgehead atoms. The van der Waals surface area contributed by atoms with Crippen molar-refractivity contribution in [1.29, 1.82) is 0 Å². The average molecular weight is 422 g/mol. The third kappa shape index (κ3) is 5.26. The van der Waals surface area contributed by atoms with Crippen molar-refractivity contribution in [3.63, 3.8) is 0 Å². The summed E-state index contributed by atoms with van der Waals surface area (Å²) in [5.41, 5.74) is 4.55. The average Bonchev–Trinajstić information content (AvgIpc) is 3.04. The predicted octanol–water partition coefficient (Wildman–Crippen LogP) is 4.84. The summed E-state index contributed by atoms with van der Waals surface area (Å²) in [6.45, 7) is 11.6. The zero-order valence-corrected chi connectivity index (χ0v) is 18.9. The van der Waals surface area contributed by atoms with Crippen LogP contribution in [0.15, 0.2) is 48.7 Å². The lowest BCUT2D eigenvalue weighted by Crippen LogP contribution is -2.27. The molecule has 0 saturated heterocycles. The minimum atomic E-state index is -0.179. The second-order valence-electron chi connectivity index (χ2n) is 7.46. The maximum atomic E-state index is 13.1. The van der Waals surface area contributed by atoms with Crippen LogP contribution in [0.1, 0.15) is 59.8 Å². The minimum Gasteiger partial charge on any atom is -0.490 e. The van der Waals surface area contributed by atoms with E-state index in [0.717, 1.165) is 22.6 Å². The van der Waals surface area contributed by atoms with Crippen LogP contribution < -0.4 is 14.8 Å². The van der Waals surface area contributed by atoms with Crippen LogP contribution in [0.25, 0.3) is 0 Å². The van der Waals surface area contributed by atoms with E-state index in [1.165, 1.54) is 0 Å². The number of pyridine rings is 1. The van der Waals surface area contributed by atoms with Crippen LogP contribution >= 0.6 is 0 Å². The third-order valence-corrected chi connectivity index (χ3v) is 5.28. The maximum Gasteiger partial charge on any atom is 0.253 e. The summed E-state index contributed by atoms with van der Waals surface area (Å²) >= 11 is 0. The normalized spacial score (nSPS) is 11.8.